The van der Waals surface area contributed by atoms with E-state index in [1.54, 1.807) is 4.90 Å². The van der Waals surface area contributed by atoms with Crippen LogP contribution in [0.2, 0.25) is 0 Å². The van der Waals surface area contributed by atoms with Crippen molar-refractivity contribution in [1.82, 2.24) is 4.90 Å². The topological polar surface area (TPSA) is 66.6 Å². The Morgan fingerprint density at radius 1 is 1.67 bits per heavy atom. The van der Waals surface area contributed by atoms with Crippen LogP contribution in [0.1, 0.15) is 12.8 Å². The highest BCUT2D eigenvalue weighted by Gasteiger charge is 2.30. The van der Waals surface area contributed by atoms with Gasteiger partial charge in [-0.3, -0.25) is 0 Å². The minimum atomic E-state index is -0.838. The van der Waals surface area contributed by atoms with Gasteiger partial charge in [-0.1, -0.05) is 0 Å². The molecule has 0 aromatic rings. The number of likely N-dealkylation sites (tertiary alicyclic amines) is 1. The maximum Gasteiger partial charge on any atom is 0.326 e. The van der Waals surface area contributed by atoms with Crippen molar-refractivity contribution in [2.24, 2.45) is 5.73 Å². The Labute approximate surface area is 82.1 Å². The average Bonchev–Trinajstić information content (AvgIpc) is 2.32. The Morgan fingerprint density at radius 3 is 2.58 bits per heavy atom. The fourth-order valence-corrected chi connectivity index (χ4v) is 1.51. The first-order valence-electron chi connectivity index (χ1n) is 3.42. The summed E-state index contributed by atoms with van der Waals surface area (Å²) in [6.45, 7) is 0.673. The summed E-state index contributed by atoms with van der Waals surface area (Å²) in [6.07, 6.45) is 1.50. The lowest BCUT2D eigenvalue weighted by molar-refractivity contribution is -0.140. The van der Waals surface area contributed by atoms with Gasteiger partial charge in [0.1, 0.15) is 6.04 Å². The van der Waals surface area contributed by atoms with E-state index in [9.17, 15) is 4.79 Å². The summed E-state index contributed by atoms with van der Waals surface area (Å²) in [4.78, 5) is 12.1. The van der Waals surface area contributed by atoms with E-state index in [0.29, 0.717) is 13.0 Å². The summed E-state index contributed by atoms with van der Waals surface area (Å²) in [5, 5.41) is 8.87. The van der Waals surface area contributed by atoms with Crippen molar-refractivity contribution in [3.05, 3.63) is 0 Å². The van der Waals surface area contributed by atoms with Crippen molar-refractivity contribution in [1.29, 1.82) is 0 Å². The van der Waals surface area contributed by atoms with Gasteiger partial charge < -0.3 is 15.7 Å². The van der Waals surface area contributed by atoms with Gasteiger partial charge in [-0.05, 0) is 25.1 Å². The van der Waals surface area contributed by atoms with E-state index in [1.807, 2.05) is 0 Å². The number of nitrogens with two attached hydrogens (primary N) is 1. The molecular formula is C6H11ClN2O2S. The van der Waals surface area contributed by atoms with E-state index in [4.69, 9.17) is 23.1 Å². The van der Waals surface area contributed by atoms with Crippen molar-refractivity contribution in [2.45, 2.75) is 18.9 Å². The molecule has 1 atom stereocenters. The summed E-state index contributed by atoms with van der Waals surface area (Å²) >= 11 is 4.69. The molecule has 6 heteroatoms. The molecule has 12 heavy (non-hydrogen) atoms. The average molecular weight is 211 g/mol. The van der Waals surface area contributed by atoms with Gasteiger partial charge in [0.25, 0.3) is 0 Å². The van der Waals surface area contributed by atoms with Crippen LogP contribution in [0.5, 0.6) is 0 Å². The van der Waals surface area contributed by atoms with Crippen LogP contribution in [-0.2, 0) is 4.79 Å². The van der Waals surface area contributed by atoms with E-state index in [1.165, 1.54) is 0 Å². The molecule has 0 radical (unpaired) electrons. The minimum absolute atomic E-state index is 0. The molecule has 3 N–H and O–H groups in total. The molecule has 1 aliphatic rings. The number of carboxylic acid groups (broad SMARTS) is 1. The lowest BCUT2D eigenvalue weighted by Gasteiger charge is -2.20. The zero-order valence-corrected chi connectivity index (χ0v) is 8.03. The molecule has 0 amide bonds. The molecule has 70 valence electrons. The third-order valence-electron chi connectivity index (χ3n) is 1.82. The highest BCUT2D eigenvalue weighted by Crippen LogP contribution is 2.16. The quantitative estimate of drug-likeness (QED) is 0.606. The van der Waals surface area contributed by atoms with Gasteiger partial charge in [0, 0.05) is 6.54 Å². The molecule has 0 saturated carbocycles. The van der Waals surface area contributed by atoms with E-state index in [-0.39, 0.29) is 17.5 Å². The molecular weight excluding hydrogens is 200 g/mol. The van der Waals surface area contributed by atoms with Crippen LogP contribution in [0.15, 0.2) is 0 Å². The Balaban J connectivity index is 0.00000121. The summed E-state index contributed by atoms with van der Waals surface area (Å²) in [5.41, 5.74) is 5.32. The molecule has 0 spiro atoms. The molecule has 1 rings (SSSR count). The van der Waals surface area contributed by atoms with Crippen LogP contribution in [-0.4, -0.2) is 33.7 Å². The molecule has 0 aromatic carbocycles. The van der Waals surface area contributed by atoms with Crippen molar-refractivity contribution >= 4 is 35.7 Å². The van der Waals surface area contributed by atoms with Crippen LogP contribution in [0.4, 0.5) is 0 Å². The lowest BCUT2D eigenvalue weighted by Crippen LogP contribution is -2.43. The van der Waals surface area contributed by atoms with Gasteiger partial charge in [0.15, 0.2) is 5.11 Å². The fourth-order valence-electron chi connectivity index (χ4n) is 1.29. The number of thiocarbonyl (C=S) groups is 1. The highest BCUT2D eigenvalue weighted by molar-refractivity contribution is 7.80. The van der Waals surface area contributed by atoms with E-state index < -0.39 is 12.0 Å². The second kappa shape index (κ2) is 4.47. The monoisotopic (exact) mass is 210 g/mol. The predicted octanol–water partition coefficient (Wildman–Crippen LogP) is 0.201. The number of nitrogens with zero attached hydrogens (tertiary/aromatic N) is 1. The Kier molecular flexibility index (Phi) is 4.26. The molecule has 0 aliphatic carbocycles. The van der Waals surface area contributed by atoms with Gasteiger partial charge >= 0.3 is 5.97 Å². The third-order valence-corrected chi connectivity index (χ3v) is 2.06. The van der Waals surface area contributed by atoms with Gasteiger partial charge in [-0.25, -0.2) is 4.79 Å². The van der Waals surface area contributed by atoms with E-state index in [2.05, 4.69) is 0 Å². The smallest absolute Gasteiger partial charge is 0.326 e. The first-order chi connectivity index (χ1) is 5.13. The summed E-state index contributed by atoms with van der Waals surface area (Å²) in [7, 11) is 0. The maximum absolute atomic E-state index is 10.6. The molecule has 0 unspecified atom stereocenters. The third kappa shape index (κ3) is 2.22. The zero-order chi connectivity index (χ0) is 8.43. The number of hydrogen-bond donors (Lipinski definition) is 2. The zero-order valence-electron chi connectivity index (χ0n) is 6.40. The first kappa shape index (κ1) is 11.4. The molecule has 1 heterocycles. The Hall–Kier alpha value is -0.550. The largest absolute Gasteiger partial charge is 0.480 e. The fraction of sp³-hybridized carbons (Fsp3) is 0.667. The van der Waals surface area contributed by atoms with Gasteiger partial charge in [-0.2, -0.15) is 0 Å². The normalized spacial score (nSPS) is 21.7. The van der Waals surface area contributed by atoms with Crippen LogP contribution in [0.3, 0.4) is 0 Å². The molecule has 1 fully saturated rings. The Morgan fingerprint density at radius 2 is 2.25 bits per heavy atom. The predicted molar refractivity (Wildman–Crippen MR) is 51.4 cm³/mol. The second-order valence-electron chi connectivity index (χ2n) is 2.53. The standard InChI is InChI=1S/C6H10N2O2S.ClH/c7-6(11)8-3-1-2-4(8)5(9)10;/h4H,1-3H2,(H2,7,11)(H,9,10);1H/t4-;/m0./s1. The summed E-state index contributed by atoms with van der Waals surface area (Å²) in [6, 6.07) is -0.493. The molecule has 0 bridgehead atoms. The number of aliphatic carboxylic acids is 1. The van der Waals surface area contributed by atoms with Crippen molar-refractivity contribution in [3.63, 3.8) is 0 Å². The van der Waals surface area contributed by atoms with Crippen molar-refractivity contribution in [2.75, 3.05) is 6.54 Å². The van der Waals surface area contributed by atoms with E-state index >= 15 is 0 Å². The number of hydrogen-bond acceptors (Lipinski definition) is 2. The molecule has 0 aromatic heterocycles. The number of carbonyl (C=O) groups is 1. The maximum atomic E-state index is 10.6. The summed E-state index contributed by atoms with van der Waals surface area (Å²) < 4.78 is 0. The second-order valence-corrected chi connectivity index (χ2v) is 2.95. The lowest BCUT2D eigenvalue weighted by atomic mass is 10.2. The molecule has 1 aliphatic heterocycles. The Bertz CT molecular complexity index is 180. The molecule has 1 saturated heterocycles. The van der Waals surface area contributed by atoms with Crippen LogP contribution in [0.25, 0.3) is 0 Å². The minimum Gasteiger partial charge on any atom is -0.480 e. The van der Waals surface area contributed by atoms with E-state index in [0.717, 1.165) is 6.42 Å². The SMILES string of the molecule is Cl.NC(=S)N1CCC[C@H]1C(=O)O. The summed E-state index contributed by atoms with van der Waals surface area (Å²) in [5.74, 6) is -0.838. The first-order valence-corrected chi connectivity index (χ1v) is 3.82. The van der Waals surface area contributed by atoms with Gasteiger partial charge in [-0.15, -0.1) is 12.4 Å². The molecule has 4 nitrogen and oxygen atoms in total. The van der Waals surface area contributed by atoms with Crippen LogP contribution in [0, 0.1) is 0 Å². The highest BCUT2D eigenvalue weighted by atomic mass is 35.5. The van der Waals surface area contributed by atoms with Crippen molar-refractivity contribution < 1.29 is 9.90 Å². The number of carboxylic acids is 1. The van der Waals surface area contributed by atoms with Crippen molar-refractivity contribution in [3.8, 4) is 0 Å². The number of halogens is 1. The number of rotatable bonds is 1. The van der Waals surface area contributed by atoms with Crippen LogP contribution >= 0.6 is 24.6 Å². The van der Waals surface area contributed by atoms with Gasteiger partial charge in [0.05, 0.1) is 0 Å². The van der Waals surface area contributed by atoms with Crippen LogP contribution < -0.4 is 5.73 Å². The van der Waals surface area contributed by atoms with Gasteiger partial charge in [0.2, 0.25) is 0 Å².